The maximum Gasteiger partial charge on any atom is 0.274 e. The third-order valence-corrected chi connectivity index (χ3v) is 7.45. The van der Waals surface area contributed by atoms with Gasteiger partial charge in [-0.15, -0.1) is 0 Å². The molecule has 44 heavy (non-hydrogen) atoms. The van der Waals surface area contributed by atoms with Gasteiger partial charge in [0.2, 0.25) is 0 Å². The molecular formula is C29H32F2N8O5. The standard InChI is InChI=1S/C29H32F2N8O5/c1-33-28(41)17-4-5-22(44-3)23(24(17)31)27-34-7-6-20(36-27)29(42)37-21-11-19(30)25-18(12-35-39(25)8-9-43-2)26(21)38-13-15(32)10-16(38)14-40/h4-7,11-12,15-16,40H,8-10,13-14,32H2,1-3H3,(H,33,41)(H,37,42)/t15-,16-/m0/s1. The van der Waals surface area contributed by atoms with Crippen LogP contribution in [0.3, 0.4) is 0 Å². The van der Waals surface area contributed by atoms with Gasteiger partial charge in [-0.3, -0.25) is 14.3 Å². The number of nitrogens with one attached hydrogen (secondary N) is 2. The fraction of sp³-hybridized carbons (Fsp3) is 0.345. The normalized spacial score (nSPS) is 16.4. The largest absolute Gasteiger partial charge is 0.496 e. The van der Waals surface area contributed by atoms with Gasteiger partial charge in [-0.1, -0.05) is 0 Å². The van der Waals surface area contributed by atoms with Crippen molar-refractivity contribution in [3.05, 3.63) is 59.6 Å². The lowest BCUT2D eigenvalue weighted by Crippen LogP contribution is -2.34. The van der Waals surface area contributed by atoms with Crippen molar-refractivity contribution in [2.75, 3.05) is 51.2 Å². The molecule has 0 bridgehead atoms. The zero-order valence-electron chi connectivity index (χ0n) is 24.3. The molecule has 1 aliphatic rings. The summed E-state index contributed by atoms with van der Waals surface area (Å²) < 4.78 is 43.0. The number of benzene rings is 2. The van der Waals surface area contributed by atoms with Crippen LogP contribution >= 0.6 is 0 Å². The summed E-state index contributed by atoms with van der Waals surface area (Å²) in [5.74, 6) is -3.14. The Morgan fingerprint density at radius 1 is 1.20 bits per heavy atom. The summed E-state index contributed by atoms with van der Waals surface area (Å²) in [6.45, 7) is 0.716. The van der Waals surface area contributed by atoms with Crippen molar-refractivity contribution in [2.24, 2.45) is 5.73 Å². The van der Waals surface area contributed by atoms with E-state index >= 15 is 8.78 Å². The maximum absolute atomic E-state index is 15.6. The third kappa shape index (κ3) is 5.64. The Bertz CT molecular complexity index is 1720. The number of nitrogens with two attached hydrogens (primary N) is 1. The van der Waals surface area contributed by atoms with Crippen molar-refractivity contribution < 1.29 is 33.0 Å². The molecule has 1 fully saturated rings. The van der Waals surface area contributed by atoms with Gasteiger partial charge in [0.15, 0.2) is 17.5 Å². The number of aliphatic hydroxyl groups excluding tert-OH is 1. The molecule has 232 valence electrons. The first kappa shape index (κ1) is 30.7. The molecule has 0 radical (unpaired) electrons. The van der Waals surface area contributed by atoms with Crippen LogP contribution in [0.2, 0.25) is 0 Å². The predicted octanol–water partition coefficient (Wildman–Crippen LogP) is 1.94. The summed E-state index contributed by atoms with van der Waals surface area (Å²) in [5.41, 5.74) is 6.33. The molecule has 0 saturated carbocycles. The van der Waals surface area contributed by atoms with E-state index in [4.69, 9.17) is 15.2 Å². The van der Waals surface area contributed by atoms with Crippen LogP contribution in [-0.2, 0) is 11.3 Å². The number of fused-ring (bicyclic) bond motifs is 1. The fourth-order valence-electron chi connectivity index (χ4n) is 5.41. The number of carbonyl (C=O) groups excluding carboxylic acids is 2. The zero-order chi connectivity index (χ0) is 31.5. The molecule has 5 N–H and O–H groups in total. The summed E-state index contributed by atoms with van der Waals surface area (Å²) >= 11 is 0. The van der Waals surface area contributed by atoms with Crippen LogP contribution in [0, 0.1) is 11.6 Å². The highest BCUT2D eigenvalue weighted by atomic mass is 19.1. The molecule has 2 aromatic carbocycles. The second kappa shape index (κ2) is 12.9. The second-order valence-electron chi connectivity index (χ2n) is 10.2. The molecule has 13 nitrogen and oxygen atoms in total. The predicted molar refractivity (Wildman–Crippen MR) is 158 cm³/mol. The van der Waals surface area contributed by atoms with Crippen LogP contribution in [0.15, 0.2) is 36.7 Å². The highest BCUT2D eigenvalue weighted by Crippen LogP contribution is 2.40. The van der Waals surface area contributed by atoms with Gasteiger partial charge in [0, 0.05) is 44.4 Å². The van der Waals surface area contributed by atoms with Crippen molar-refractivity contribution in [2.45, 2.75) is 25.0 Å². The van der Waals surface area contributed by atoms with Gasteiger partial charge in [0.25, 0.3) is 11.8 Å². The average Bonchev–Trinajstić information content (AvgIpc) is 3.62. The first-order valence-corrected chi connectivity index (χ1v) is 13.8. The minimum atomic E-state index is -0.929. The number of hydrogen-bond donors (Lipinski definition) is 4. The van der Waals surface area contributed by atoms with Crippen molar-refractivity contribution in [3.63, 3.8) is 0 Å². The van der Waals surface area contributed by atoms with E-state index < -0.39 is 23.4 Å². The Labute approximate surface area is 251 Å². The van der Waals surface area contributed by atoms with Crippen LogP contribution < -0.4 is 26.0 Å². The van der Waals surface area contributed by atoms with E-state index in [-0.39, 0.29) is 64.8 Å². The van der Waals surface area contributed by atoms with E-state index in [9.17, 15) is 14.7 Å². The Balaban J connectivity index is 1.58. The SMILES string of the molecule is CNC(=O)c1ccc(OC)c(-c2nccc(C(=O)Nc3cc(F)c4c(cnn4CCOC)c3N3C[C@@H](N)C[C@H]3CO)n2)c1F. The summed E-state index contributed by atoms with van der Waals surface area (Å²) in [7, 11) is 4.22. The highest BCUT2D eigenvalue weighted by molar-refractivity contribution is 6.09. The molecule has 3 heterocycles. The van der Waals surface area contributed by atoms with Gasteiger partial charge in [0.05, 0.1) is 61.6 Å². The number of halogens is 2. The molecule has 2 atom stereocenters. The summed E-state index contributed by atoms with van der Waals surface area (Å²) in [6.07, 6.45) is 3.24. The number of hydrogen-bond acceptors (Lipinski definition) is 10. The van der Waals surface area contributed by atoms with Gasteiger partial charge in [-0.25, -0.2) is 18.7 Å². The van der Waals surface area contributed by atoms with E-state index in [1.807, 2.05) is 4.90 Å². The summed E-state index contributed by atoms with van der Waals surface area (Å²) in [4.78, 5) is 36.0. The quantitative estimate of drug-likeness (QED) is 0.208. The van der Waals surface area contributed by atoms with Crippen molar-refractivity contribution in [3.8, 4) is 17.1 Å². The van der Waals surface area contributed by atoms with Gasteiger partial charge in [-0.2, -0.15) is 5.10 Å². The molecule has 15 heteroatoms. The molecule has 2 aromatic heterocycles. The van der Waals surface area contributed by atoms with Crippen LogP contribution in [0.25, 0.3) is 22.3 Å². The lowest BCUT2D eigenvalue weighted by atomic mass is 10.1. The lowest BCUT2D eigenvalue weighted by molar-refractivity contribution is 0.0958. The van der Waals surface area contributed by atoms with Gasteiger partial charge in [0.1, 0.15) is 17.0 Å². The minimum absolute atomic E-state index is 0.0495. The van der Waals surface area contributed by atoms with E-state index in [2.05, 4.69) is 25.7 Å². The number of ether oxygens (including phenoxy) is 2. The topological polar surface area (TPSA) is 170 Å². The molecule has 5 rings (SSSR count). The summed E-state index contributed by atoms with van der Waals surface area (Å²) in [6, 6.07) is 4.50. The molecule has 4 aromatic rings. The van der Waals surface area contributed by atoms with E-state index in [0.717, 1.165) is 0 Å². The lowest BCUT2D eigenvalue weighted by Gasteiger charge is -2.28. The fourth-order valence-corrected chi connectivity index (χ4v) is 5.41. The Morgan fingerprint density at radius 3 is 2.70 bits per heavy atom. The molecule has 0 unspecified atom stereocenters. The smallest absolute Gasteiger partial charge is 0.274 e. The van der Waals surface area contributed by atoms with E-state index in [1.54, 1.807) is 0 Å². The zero-order valence-corrected chi connectivity index (χ0v) is 24.3. The molecule has 1 saturated heterocycles. The van der Waals surface area contributed by atoms with Gasteiger partial charge >= 0.3 is 0 Å². The van der Waals surface area contributed by atoms with Crippen molar-refractivity contribution in [1.82, 2.24) is 25.1 Å². The molecule has 1 aliphatic heterocycles. The number of amides is 2. The number of aliphatic hydroxyl groups is 1. The molecule has 0 spiro atoms. The third-order valence-electron chi connectivity index (χ3n) is 7.45. The second-order valence-corrected chi connectivity index (χ2v) is 10.2. The number of rotatable bonds is 10. The van der Waals surface area contributed by atoms with Crippen LogP contribution in [0.5, 0.6) is 5.75 Å². The Morgan fingerprint density at radius 2 is 2.00 bits per heavy atom. The number of nitrogens with zero attached hydrogens (tertiary/aromatic N) is 5. The number of carbonyl (C=O) groups is 2. The van der Waals surface area contributed by atoms with Crippen molar-refractivity contribution >= 4 is 34.1 Å². The van der Waals surface area contributed by atoms with Gasteiger partial charge in [-0.05, 0) is 24.6 Å². The first-order valence-electron chi connectivity index (χ1n) is 13.8. The van der Waals surface area contributed by atoms with Crippen LogP contribution in [-0.4, -0.2) is 89.8 Å². The molecule has 2 amide bonds. The van der Waals surface area contributed by atoms with Gasteiger partial charge < -0.3 is 35.8 Å². The first-order chi connectivity index (χ1) is 21.2. The number of aromatic nitrogens is 4. The molecule has 0 aliphatic carbocycles. The Kier molecular flexibility index (Phi) is 8.98. The molecular weight excluding hydrogens is 578 g/mol. The van der Waals surface area contributed by atoms with E-state index in [0.29, 0.717) is 30.6 Å². The minimum Gasteiger partial charge on any atom is -0.496 e. The monoisotopic (exact) mass is 610 g/mol. The average molecular weight is 611 g/mol. The number of methoxy groups -OCH3 is 2. The van der Waals surface area contributed by atoms with E-state index in [1.165, 1.54) is 62.6 Å². The summed E-state index contributed by atoms with van der Waals surface area (Å²) in [5, 5.41) is 19.9. The van der Waals surface area contributed by atoms with Crippen LogP contribution in [0.4, 0.5) is 20.2 Å². The highest BCUT2D eigenvalue weighted by Gasteiger charge is 2.34. The van der Waals surface area contributed by atoms with Crippen LogP contribution in [0.1, 0.15) is 27.3 Å². The number of anilines is 2. The maximum atomic E-state index is 15.6. The Hall–Kier alpha value is -4.73. The van der Waals surface area contributed by atoms with Crippen molar-refractivity contribution in [1.29, 1.82) is 0 Å².